The van der Waals surface area contributed by atoms with Gasteiger partial charge in [0.15, 0.2) is 6.29 Å². The van der Waals surface area contributed by atoms with E-state index in [0.29, 0.717) is 19.3 Å². The molecule has 0 radical (unpaired) electrons. The average Bonchev–Trinajstić information content (AvgIpc) is 2.25. The number of hydrogen-bond donors (Lipinski definition) is 0. The average molecular weight is 268 g/mol. The highest BCUT2D eigenvalue weighted by Gasteiger charge is 2.08. The molecule has 0 amide bonds. The van der Waals surface area contributed by atoms with Gasteiger partial charge in [-0.25, -0.2) is 0 Å². The minimum atomic E-state index is -0.0742. The normalized spacial score (nSPS) is 13.3. The van der Waals surface area contributed by atoms with Crippen molar-refractivity contribution in [3.8, 4) is 0 Å². The van der Waals surface area contributed by atoms with Crippen LogP contribution in [-0.4, -0.2) is 43.7 Å². The predicted octanol–water partition coefficient (Wildman–Crippen LogP) is 3.19. The molecule has 0 heterocycles. The highest BCUT2D eigenvalue weighted by atomic mass is 33.1. The first-order valence-electron chi connectivity index (χ1n) is 5.83. The monoisotopic (exact) mass is 268 g/mol. The van der Waals surface area contributed by atoms with Gasteiger partial charge in [-0.1, -0.05) is 21.6 Å². The fourth-order valence-corrected chi connectivity index (χ4v) is 3.37. The lowest BCUT2D eigenvalue weighted by Gasteiger charge is -2.16. The third-order valence-corrected chi connectivity index (χ3v) is 4.24. The van der Waals surface area contributed by atoms with E-state index in [1.165, 1.54) is 0 Å². The van der Waals surface area contributed by atoms with Gasteiger partial charge in [0.1, 0.15) is 0 Å². The first-order valence-corrected chi connectivity index (χ1v) is 8.32. The lowest BCUT2D eigenvalue weighted by Crippen LogP contribution is -2.19. The van der Waals surface area contributed by atoms with E-state index in [1.54, 1.807) is 10.8 Å². The maximum absolute atomic E-state index is 5.45. The molecule has 3 nitrogen and oxygen atoms in total. The van der Waals surface area contributed by atoms with Crippen molar-refractivity contribution < 1.29 is 14.2 Å². The van der Waals surface area contributed by atoms with Crippen LogP contribution >= 0.6 is 21.6 Å². The Labute approximate surface area is 107 Å². The summed E-state index contributed by atoms with van der Waals surface area (Å²) in [6.07, 6.45) is 0.245. The van der Waals surface area contributed by atoms with Gasteiger partial charge in [0.2, 0.25) is 0 Å². The van der Waals surface area contributed by atoms with E-state index in [0.717, 1.165) is 18.1 Å². The Kier molecular flexibility index (Phi) is 12.5. The minimum Gasteiger partial charge on any atom is -0.378 e. The molecular formula is C11H24O3S2. The fourth-order valence-electron chi connectivity index (χ4n) is 1.10. The van der Waals surface area contributed by atoms with E-state index in [1.807, 2.05) is 31.6 Å². The highest BCUT2D eigenvalue weighted by Crippen LogP contribution is 2.24. The van der Waals surface area contributed by atoms with Crippen LogP contribution in [0.5, 0.6) is 0 Å². The second-order valence-corrected chi connectivity index (χ2v) is 5.73. The standard InChI is InChI=1S/C11H24O3S2/c1-5-12-10(4)8-15-16-9-11(13-6-2)14-7-3/h10-11H,5-9H2,1-4H3. The van der Waals surface area contributed by atoms with Crippen LogP contribution < -0.4 is 0 Å². The topological polar surface area (TPSA) is 27.7 Å². The van der Waals surface area contributed by atoms with Crippen molar-refractivity contribution in [2.45, 2.75) is 40.1 Å². The summed E-state index contributed by atoms with van der Waals surface area (Å²) in [6.45, 7) is 10.3. The third kappa shape index (κ3) is 9.78. The molecule has 0 aliphatic carbocycles. The maximum Gasteiger partial charge on any atom is 0.167 e. The Bertz CT molecular complexity index is 141. The first kappa shape index (κ1) is 16.6. The molecule has 0 N–H and O–H groups in total. The SMILES string of the molecule is CCOC(C)CSSCC(OCC)OCC. The zero-order chi connectivity index (χ0) is 12.2. The summed E-state index contributed by atoms with van der Waals surface area (Å²) in [6, 6.07) is 0. The quantitative estimate of drug-likeness (QED) is 0.326. The summed E-state index contributed by atoms with van der Waals surface area (Å²) in [5.74, 6) is 1.87. The van der Waals surface area contributed by atoms with Gasteiger partial charge in [-0.05, 0) is 27.7 Å². The van der Waals surface area contributed by atoms with Crippen LogP contribution in [0.15, 0.2) is 0 Å². The molecule has 5 heteroatoms. The van der Waals surface area contributed by atoms with Gasteiger partial charge in [-0.2, -0.15) is 0 Å². The third-order valence-electron chi connectivity index (χ3n) is 1.75. The molecule has 0 saturated carbocycles. The zero-order valence-corrected chi connectivity index (χ0v) is 12.4. The first-order chi connectivity index (χ1) is 7.74. The number of ether oxygens (including phenoxy) is 3. The molecule has 0 bridgehead atoms. The number of rotatable bonds is 11. The van der Waals surface area contributed by atoms with E-state index in [2.05, 4.69) is 6.92 Å². The maximum atomic E-state index is 5.45. The summed E-state index contributed by atoms with van der Waals surface area (Å²) in [5.41, 5.74) is 0. The van der Waals surface area contributed by atoms with Crippen molar-refractivity contribution in [1.29, 1.82) is 0 Å². The van der Waals surface area contributed by atoms with Gasteiger partial charge in [0, 0.05) is 25.6 Å². The van der Waals surface area contributed by atoms with Gasteiger partial charge in [-0.15, -0.1) is 0 Å². The lowest BCUT2D eigenvalue weighted by molar-refractivity contribution is -0.119. The van der Waals surface area contributed by atoms with Crippen LogP contribution in [0.4, 0.5) is 0 Å². The Balaban J connectivity index is 3.45. The molecule has 0 aliphatic rings. The van der Waals surface area contributed by atoms with Crippen LogP contribution in [0, 0.1) is 0 Å². The second-order valence-electron chi connectivity index (χ2n) is 3.18. The minimum absolute atomic E-state index is 0.0742. The summed E-state index contributed by atoms with van der Waals surface area (Å²) >= 11 is 0. The van der Waals surface area contributed by atoms with Crippen LogP contribution in [0.1, 0.15) is 27.7 Å². The van der Waals surface area contributed by atoms with Crippen molar-refractivity contribution in [3.63, 3.8) is 0 Å². The Morgan fingerprint density at radius 2 is 1.31 bits per heavy atom. The van der Waals surface area contributed by atoms with Gasteiger partial charge >= 0.3 is 0 Å². The summed E-state index contributed by atoms with van der Waals surface area (Å²) in [5, 5.41) is 0. The van der Waals surface area contributed by atoms with E-state index < -0.39 is 0 Å². The van der Waals surface area contributed by atoms with E-state index in [4.69, 9.17) is 14.2 Å². The Hall–Kier alpha value is 0.580. The summed E-state index contributed by atoms with van der Waals surface area (Å²) in [7, 11) is 3.60. The smallest absolute Gasteiger partial charge is 0.167 e. The van der Waals surface area contributed by atoms with Gasteiger partial charge in [0.25, 0.3) is 0 Å². The fraction of sp³-hybridized carbons (Fsp3) is 1.00. The van der Waals surface area contributed by atoms with Gasteiger partial charge in [0.05, 0.1) is 11.9 Å². The van der Waals surface area contributed by atoms with E-state index in [-0.39, 0.29) is 6.29 Å². The molecule has 1 atom stereocenters. The molecular weight excluding hydrogens is 244 g/mol. The molecule has 0 aromatic carbocycles. The molecule has 0 aromatic heterocycles. The van der Waals surface area contributed by atoms with Gasteiger partial charge < -0.3 is 14.2 Å². The van der Waals surface area contributed by atoms with Crippen LogP contribution in [-0.2, 0) is 14.2 Å². The summed E-state index contributed by atoms with van der Waals surface area (Å²) in [4.78, 5) is 0. The zero-order valence-electron chi connectivity index (χ0n) is 10.7. The molecule has 0 rings (SSSR count). The second kappa shape index (κ2) is 12.0. The molecule has 16 heavy (non-hydrogen) atoms. The molecule has 0 aromatic rings. The Morgan fingerprint density at radius 3 is 1.81 bits per heavy atom. The van der Waals surface area contributed by atoms with Crippen LogP contribution in [0.3, 0.4) is 0 Å². The molecule has 1 unspecified atom stereocenters. The number of hydrogen-bond acceptors (Lipinski definition) is 5. The molecule has 0 spiro atoms. The lowest BCUT2D eigenvalue weighted by atomic mass is 10.5. The van der Waals surface area contributed by atoms with Gasteiger partial charge in [-0.3, -0.25) is 0 Å². The summed E-state index contributed by atoms with van der Waals surface area (Å²) < 4.78 is 16.3. The van der Waals surface area contributed by atoms with Crippen LogP contribution in [0.25, 0.3) is 0 Å². The van der Waals surface area contributed by atoms with Crippen molar-refractivity contribution >= 4 is 21.6 Å². The van der Waals surface area contributed by atoms with Crippen molar-refractivity contribution in [2.24, 2.45) is 0 Å². The van der Waals surface area contributed by atoms with E-state index in [9.17, 15) is 0 Å². The largest absolute Gasteiger partial charge is 0.378 e. The Morgan fingerprint density at radius 1 is 0.812 bits per heavy atom. The molecule has 98 valence electrons. The predicted molar refractivity (Wildman–Crippen MR) is 73.0 cm³/mol. The molecule has 0 saturated heterocycles. The van der Waals surface area contributed by atoms with Crippen molar-refractivity contribution in [3.05, 3.63) is 0 Å². The van der Waals surface area contributed by atoms with E-state index >= 15 is 0 Å². The van der Waals surface area contributed by atoms with Crippen molar-refractivity contribution in [1.82, 2.24) is 0 Å². The highest BCUT2D eigenvalue weighted by molar-refractivity contribution is 8.76. The van der Waals surface area contributed by atoms with Crippen molar-refractivity contribution in [2.75, 3.05) is 31.3 Å². The molecule has 0 fully saturated rings. The molecule has 0 aliphatic heterocycles. The van der Waals surface area contributed by atoms with Crippen LogP contribution in [0.2, 0.25) is 0 Å².